The minimum atomic E-state index is 0.415. The molecule has 0 N–H and O–H groups in total. The van der Waals surface area contributed by atoms with Gasteiger partial charge in [0.1, 0.15) is 0 Å². The van der Waals surface area contributed by atoms with Crippen LogP contribution >= 0.6 is 0 Å². The summed E-state index contributed by atoms with van der Waals surface area (Å²) in [4.78, 5) is 0. The molecule has 0 saturated carbocycles. The molecular weight excluding hydrogens is 148 g/mol. The van der Waals surface area contributed by atoms with Crippen molar-refractivity contribution in [1.82, 2.24) is 0 Å². The van der Waals surface area contributed by atoms with Gasteiger partial charge in [-0.2, -0.15) is 0 Å². The zero-order chi connectivity index (χ0) is 9.61. The van der Waals surface area contributed by atoms with Gasteiger partial charge in [-0.1, -0.05) is 34.6 Å². The van der Waals surface area contributed by atoms with Gasteiger partial charge in [0, 0.05) is 13.2 Å². The number of hydrogen-bond acceptors (Lipinski definition) is 1. The highest BCUT2D eigenvalue weighted by atomic mass is 16.5. The highest BCUT2D eigenvalue weighted by molar-refractivity contribution is 4.59. The summed E-state index contributed by atoms with van der Waals surface area (Å²) in [5, 5.41) is 0. The Morgan fingerprint density at radius 1 is 1.08 bits per heavy atom. The molecule has 0 spiro atoms. The average molecular weight is 172 g/mol. The molecule has 0 aromatic heterocycles. The van der Waals surface area contributed by atoms with Crippen LogP contribution in [0.25, 0.3) is 0 Å². The lowest BCUT2D eigenvalue weighted by Crippen LogP contribution is -2.10. The summed E-state index contributed by atoms with van der Waals surface area (Å²) in [6, 6.07) is 0. The molecule has 0 atom stereocenters. The van der Waals surface area contributed by atoms with Gasteiger partial charge >= 0.3 is 0 Å². The molecule has 0 rings (SSSR count). The van der Waals surface area contributed by atoms with Crippen molar-refractivity contribution in [2.45, 2.75) is 47.5 Å². The maximum Gasteiger partial charge on any atom is 0.0471 e. The van der Waals surface area contributed by atoms with Crippen molar-refractivity contribution < 1.29 is 4.74 Å². The number of rotatable bonds is 5. The Kier molecular flexibility index (Phi) is 5.56. The summed E-state index contributed by atoms with van der Waals surface area (Å²) in [5.41, 5.74) is 0.415. The van der Waals surface area contributed by atoms with Crippen molar-refractivity contribution in [3.8, 4) is 0 Å². The van der Waals surface area contributed by atoms with Crippen LogP contribution in [0.4, 0.5) is 0 Å². The molecule has 1 nitrogen and oxygen atoms in total. The average Bonchev–Trinajstić information content (AvgIpc) is 1.83. The Morgan fingerprint density at radius 3 is 2.08 bits per heavy atom. The Hall–Kier alpha value is -0.0400. The van der Waals surface area contributed by atoms with E-state index in [2.05, 4.69) is 34.6 Å². The Morgan fingerprint density at radius 2 is 1.67 bits per heavy atom. The highest BCUT2D eigenvalue weighted by Gasteiger charge is 2.08. The van der Waals surface area contributed by atoms with Crippen LogP contribution in [-0.4, -0.2) is 13.2 Å². The van der Waals surface area contributed by atoms with Gasteiger partial charge in [-0.05, 0) is 24.2 Å². The van der Waals surface area contributed by atoms with Crippen LogP contribution in [0.3, 0.4) is 0 Å². The summed E-state index contributed by atoms with van der Waals surface area (Å²) in [7, 11) is 0. The van der Waals surface area contributed by atoms with Crippen LogP contribution in [0, 0.1) is 11.3 Å². The van der Waals surface area contributed by atoms with Gasteiger partial charge in [-0.25, -0.2) is 0 Å². The fourth-order valence-electron chi connectivity index (χ4n) is 0.799. The van der Waals surface area contributed by atoms with Gasteiger partial charge in [0.05, 0.1) is 0 Å². The lowest BCUT2D eigenvalue weighted by molar-refractivity contribution is 0.0999. The third kappa shape index (κ3) is 9.96. The molecule has 0 aromatic carbocycles. The fraction of sp³-hybridized carbons (Fsp3) is 1.00. The second kappa shape index (κ2) is 5.58. The number of hydrogen-bond donors (Lipinski definition) is 0. The van der Waals surface area contributed by atoms with Gasteiger partial charge < -0.3 is 4.74 Å². The molecule has 0 radical (unpaired) electrons. The molecule has 0 bridgehead atoms. The summed E-state index contributed by atoms with van der Waals surface area (Å²) >= 11 is 0. The molecule has 0 amide bonds. The first-order valence-corrected chi connectivity index (χ1v) is 4.99. The van der Waals surface area contributed by atoms with Gasteiger partial charge in [0.25, 0.3) is 0 Å². The van der Waals surface area contributed by atoms with Crippen LogP contribution in [0.15, 0.2) is 0 Å². The minimum absolute atomic E-state index is 0.415. The van der Waals surface area contributed by atoms with E-state index in [9.17, 15) is 0 Å². The lowest BCUT2D eigenvalue weighted by atomic mass is 9.93. The van der Waals surface area contributed by atoms with E-state index in [0.717, 1.165) is 25.6 Å². The Balaban J connectivity index is 3.12. The van der Waals surface area contributed by atoms with E-state index in [1.165, 1.54) is 6.42 Å². The number of ether oxygens (including phenoxy) is 1. The SMILES string of the molecule is CC(C)CCOCCC(C)(C)C. The second-order valence-corrected chi connectivity index (χ2v) is 5.11. The Labute approximate surface area is 77.5 Å². The summed E-state index contributed by atoms with van der Waals surface area (Å²) in [5.74, 6) is 0.764. The van der Waals surface area contributed by atoms with Crippen molar-refractivity contribution in [1.29, 1.82) is 0 Å². The van der Waals surface area contributed by atoms with E-state index in [-0.39, 0.29) is 0 Å². The molecule has 0 aliphatic carbocycles. The summed E-state index contributed by atoms with van der Waals surface area (Å²) in [6.45, 7) is 13.0. The van der Waals surface area contributed by atoms with Crippen molar-refractivity contribution in [3.63, 3.8) is 0 Å². The summed E-state index contributed by atoms with van der Waals surface area (Å²) < 4.78 is 5.52. The van der Waals surface area contributed by atoms with Gasteiger partial charge in [0.15, 0.2) is 0 Å². The van der Waals surface area contributed by atoms with Crippen LogP contribution < -0.4 is 0 Å². The minimum Gasteiger partial charge on any atom is -0.381 e. The van der Waals surface area contributed by atoms with E-state index >= 15 is 0 Å². The maximum atomic E-state index is 5.52. The largest absolute Gasteiger partial charge is 0.381 e. The van der Waals surface area contributed by atoms with Crippen molar-refractivity contribution in [2.75, 3.05) is 13.2 Å². The van der Waals surface area contributed by atoms with Gasteiger partial charge in [-0.15, -0.1) is 0 Å². The predicted molar refractivity (Wildman–Crippen MR) is 54.3 cm³/mol. The first-order valence-electron chi connectivity index (χ1n) is 4.99. The molecular formula is C11H24O. The van der Waals surface area contributed by atoms with Crippen LogP contribution in [0.1, 0.15) is 47.5 Å². The highest BCUT2D eigenvalue weighted by Crippen LogP contribution is 2.17. The third-order valence-corrected chi connectivity index (χ3v) is 1.84. The molecule has 0 unspecified atom stereocenters. The normalized spacial score (nSPS) is 12.5. The second-order valence-electron chi connectivity index (χ2n) is 5.11. The molecule has 0 saturated heterocycles. The molecule has 74 valence electrons. The standard InChI is InChI=1S/C11H24O/c1-10(2)6-8-12-9-7-11(3,4)5/h10H,6-9H2,1-5H3. The van der Waals surface area contributed by atoms with Crippen molar-refractivity contribution in [2.24, 2.45) is 11.3 Å². The van der Waals surface area contributed by atoms with Crippen molar-refractivity contribution >= 4 is 0 Å². The van der Waals surface area contributed by atoms with E-state index in [1.807, 2.05) is 0 Å². The van der Waals surface area contributed by atoms with Gasteiger partial charge in [0.2, 0.25) is 0 Å². The Bertz CT molecular complexity index is 100. The summed E-state index contributed by atoms with van der Waals surface area (Å²) in [6.07, 6.45) is 2.34. The topological polar surface area (TPSA) is 9.23 Å². The molecule has 12 heavy (non-hydrogen) atoms. The first kappa shape index (κ1) is 12.0. The molecule has 0 aliphatic heterocycles. The zero-order valence-corrected chi connectivity index (χ0v) is 9.31. The van der Waals surface area contributed by atoms with Crippen LogP contribution in [0.5, 0.6) is 0 Å². The smallest absolute Gasteiger partial charge is 0.0471 e. The molecule has 0 aliphatic rings. The first-order chi connectivity index (χ1) is 5.42. The van der Waals surface area contributed by atoms with E-state index in [0.29, 0.717) is 5.41 Å². The lowest BCUT2D eigenvalue weighted by Gasteiger charge is -2.17. The molecule has 0 heterocycles. The molecule has 0 aromatic rings. The third-order valence-electron chi connectivity index (χ3n) is 1.84. The quantitative estimate of drug-likeness (QED) is 0.577. The van der Waals surface area contributed by atoms with E-state index in [1.54, 1.807) is 0 Å². The zero-order valence-electron chi connectivity index (χ0n) is 9.31. The monoisotopic (exact) mass is 172 g/mol. The van der Waals surface area contributed by atoms with E-state index < -0.39 is 0 Å². The van der Waals surface area contributed by atoms with Crippen molar-refractivity contribution in [3.05, 3.63) is 0 Å². The molecule has 0 fully saturated rings. The molecule has 1 heteroatoms. The predicted octanol–water partition coefficient (Wildman–Crippen LogP) is 3.49. The fourth-order valence-corrected chi connectivity index (χ4v) is 0.799. The van der Waals surface area contributed by atoms with E-state index in [4.69, 9.17) is 4.74 Å². The maximum absolute atomic E-state index is 5.52. The van der Waals surface area contributed by atoms with Crippen LogP contribution in [0.2, 0.25) is 0 Å². The van der Waals surface area contributed by atoms with Gasteiger partial charge in [-0.3, -0.25) is 0 Å². The van der Waals surface area contributed by atoms with Crippen LogP contribution in [-0.2, 0) is 4.74 Å².